The molecule has 1 aromatic carbocycles. The van der Waals surface area contributed by atoms with Gasteiger partial charge in [0.2, 0.25) is 0 Å². The Labute approximate surface area is 110 Å². The standard InChI is InChI=1S/C13H17FN2O3/c14-10-6-11(15)9(13(17)18)5-12(10)16-3-4-19-7-8-1-2-8/h5-6,8,16H,1-4,7,15H2,(H,17,18). The van der Waals surface area contributed by atoms with Crippen LogP contribution in [0.1, 0.15) is 23.2 Å². The molecule has 1 aliphatic carbocycles. The number of rotatable bonds is 7. The fourth-order valence-corrected chi connectivity index (χ4v) is 1.70. The van der Waals surface area contributed by atoms with E-state index in [9.17, 15) is 9.18 Å². The Hall–Kier alpha value is -1.82. The van der Waals surface area contributed by atoms with Gasteiger partial charge in [0.1, 0.15) is 5.82 Å². The number of halogens is 1. The highest BCUT2D eigenvalue weighted by molar-refractivity contribution is 5.94. The molecule has 0 aliphatic heterocycles. The highest BCUT2D eigenvalue weighted by atomic mass is 19.1. The van der Waals surface area contributed by atoms with Crippen molar-refractivity contribution < 1.29 is 19.0 Å². The van der Waals surface area contributed by atoms with Crippen molar-refractivity contribution in [2.45, 2.75) is 12.8 Å². The van der Waals surface area contributed by atoms with Crippen LogP contribution in [0.5, 0.6) is 0 Å². The number of hydrogen-bond donors (Lipinski definition) is 3. The van der Waals surface area contributed by atoms with E-state index in [1.165, 1.54) is 18.9 Å². The molecule has 0 radical (unpaired) electrons. The molecule has 0 atom stereocenters. The summed E-state index contributed by atoms with van der Waals surface area (Å²) < 4.78 is 19.0. The number of carboxylic acid groups (broad SMARTS) is 1. The summed E-state index contributed by atoms with van der Waals surface area (Å²) in [6.45, 7) is 1.63. The molecule has 0 unspecified atom stereocenters. The summed E-state index contributed by atoms with van der Waals surface area (Å²) in [6.07, 6.45) is 2.45. The first-order valence-corrected chi connectivity index (χ1v) is 6.22. The lowest BCUT2D eigenvalue weighted by atomic mass is 10.1. The van der Waals surface area contributed by atoms with Crippen molar-refractivity contribution in [3.63, 3.8) is 0 Å². The predicted octanol–water partition coefficient (Wildman–Crippen LogP) is 1.94. The molecular formula is C13H17FN2O3. The predicted molar refractivity (Wildman–Crippen MR) is 69.8 cm³/mol. The van der Waals surface area contributed by atoms with Crippen LogP contribution in [0.4, 0.5) is 15.8 Å². The van der Waals surface area contributed by atoms with Crippen LogP contribution in [0.3, 0.4) is 0 Å². The number of nitrogens with two attached hydrogens (primary N) is 1. The first kappa shape index (κ1) is 13.6. The highest BCUT2D eigenvalue weighted by Crippen LogP contribution is 2.28. The van der Waals surface area contributed by atoms with Crippen LogP contribution in [0, 0.1) is 11.7 Å². The van der Waals surface area contributed by atoms with Crippen molar-refractivity contribution in [2.24, 2.45) is 5.92 Å². The van der Waals surface area contributed by atoms with Crippen molar-refractivity contribution >= 4 is 17.3 Å². The second-order valence-corrected chi connectivity index (χ2v) is 4.67. The van der Waals surface area contributed by atoms with E-state index in [2.05, 4.69) is 5.32 Å². The zero-order valence-corrected chi connectivity index (χ0v) is 10.5. The second-order valence-electron chi connectivity index (χ2n) is 4.67. The van der Waals surface area contributed by atoms with E-state index in [0.29, 0.717) is 19.1 Å². The number of carboxylic acids is 1. The van der Waals surface area contributed by atoms with Crippen LogP contribution >= 0.6 is 0 Å². The number of nitrogen functional groups attached to an aromatic ring is 1. The number of hydrogen-bond acceptors (Lipinski definition) is 4. The van der Waals surface area contributed by atoms with Crippen LogP contribution < -0.4 is 11.1 Å². The number of anilines is 2. The molecular weight excluding hydrogens is 251 g/mol. The van der Waals surface area contributed by atoms with Crippen molar-refractivity contribution in [3.05, 3.63) is 23.5 Å². The second kappa shape index (κ2) is 5.88. The van der Waals surface area contributed by atoms with Gasteiger partial charge in [-0.3, -0.25) is 0 Å². The number of benzene rings is 1. The quantitative estimate of drug-likeness (QED) is 0.520. The van der Waals surface area contributed by atoms with E-state index in [1.54, 1.807) is 0 Å². The van der Waals surface area contributed by atoms with E-state index >= 15 is 0 Å². The Morgan fingerprint density at radius 3 is 2.89 bits per heavy atom. The van der Waals surface area contributed by atoms with Crippen LogP contribution in [0.2, 0.25) is 0 Å². The van der Waals surface area contributed by atoms with E-state index in [-0.39, 0.29) is 16.9 Å². The minimum absolute atomic E-state index is 0.0828. The molecule has 0 aromatic heterocycles. The first-order valence-electron chi connectivity index (χ1n) is 6.22. The molecule has 5 nitrogen and oxygen atoms in total. The monoisotopic (exact) mass is 268 g/mol. The van der Waals surface area contributed by atoms with Gasteiger partial charge in [0.05, 0.1) is 17.9 Å². The molecule has 6 heteroatoms. The van der Waals surface area contributed by atoms with Crippen LogP contribution in [-0.4, -0.2) is 30.8 Å². The Morgan fingerprint density at radius 1 is 1.53 bits per heavy atom. The molecule has 1 fully saturated rings. The highest BCUT2D eigenvalue weighted by Gasteiger charge is 2.20. The third-order valence-corrected chi connectivity index (χ3v) is 2.98. The SMILES string of the molecule is Nc1cc(F)c(NCCOCC2CC2)cc1C(=O)O. The molecule has 0 amide bonds. The summed E-state index contributed by atoms with van der Waals surface area (Å²) in [5.74, 6) is -1.05. The van der Waals surface area contributed by atoms with E-state index in [4.69, 9.17) is 15.6 Å². The smallest absolute Gasteiger partial charge is 0.337 e. The maximum Gasteiger partial charge on any atom is 0.337 e. The van der Waals surface area contributed by atoms with E-state index in [0.717, 1.165) is 12.7 Å². The lowest BCUT2D eigenvalue weighted by Crippen LogP contribution is -2.13. The lowest BCUT2D eigenvalue weighted by Gasteiger charge is -2.10. The maximum atomic E-state index is 13.6. The van der Waals surface area contributed by atoms with Gasteiger partial charge in [0.15, 0.2) is 0 Å². The summed E-state index contributed by atoms with van der Waals surface area (Å²) >= 11 is 0. The molecule has 4 N–H and O–H groups in total. The average Bonchev–Trinajstić information content (AvgIpc) is 3.14. The van der Waals surface area contributed by atoms with Gasteiger partial charge >= 0.3 is 5.97 Å². The molecule has 104 valence electrons. The molecule has 19 heavy (non-hydrogen) atoms. The average molecular weight is 268 g/mol. The molecule has 0 heterocycles. The summed E-state index contributed by atoms with van der Waals surface area (Å²) in [7, 11) is 0. The molecule has 0 spiro atoms. The minimum atomic E-state index is -1.18. The third-order valence-electron chi connectivity index (χ3n) is 2.98. The van der Waals surface area contributed by atoms with Gasteiger partial charge in [-0.15, -0.1) is 0 Å². The molecule has 1 saturated carbocycles. The normalized spacial score (nSPS) is 14.4. The van der Waals surface area contributed by atoms with E-state index < -0.39 is 11.8 Å². The van der Waals surface area contributed by atoms with Crippen molar-refractivity contribution in [1.82, 2.24) is 0 Å². The Kier molecular flexibility index (Phi) is 4.21. The fourth-order valence-electron chi connectivity index (χ4n) is 1.70. The van der Waals surface area contributed by atoms with Gasteiger partial charge < -0.3 is 20.9 Å². The Balaban J connectivity index is 1.87. The van der Waals surface area contributed by atoms with Gasteiger partial charge in [-0.05, 0) is 30.9 Å². The minimum Gasteiger partial charge on any atom is -0.478 e. The topological polar surface area (TPSA) is 84.6 Å². The van der Waals surface area contributed by atoms with Crippen molar-refractivity contribution in [2.75, 3.05) is 30.8 Å². The summed E-state index contributed by atoms with van der Waals surface area (Å²) in [5, 5.41) is 11.7. The Morgan fingerprint density at radius 2 is 2.26 bits per heavy atom. The number of aromatic carboxylic acids is 1. The summed E-state index contributed by atoms with van der Waals surface area (Å²) in [4.78, 5) is 10.9. The fraction of sp³-hybridized carbons (Fsp3) is 0.462. The van der Waals surface area contributed by atoms with Gasteiger partial charge in [-0.2, -0.15) is 0 Å². The van der Waals surface area contributed by atoms with Gasteiger partial charge in [-0.1, -0.05) is 0 Å². The van der Waals surface area contributed by atoms with Gasteiger partial charge in [-0.25, -0.2) is 9.18 Å². The lowest BCUT2D eigenvalue weighted by molar-refractivity contribution is 0.0698. The molecule has 0 saturated heterocycles. The third kappa shape index (κ3) is 3.82. The zero-order chi connectivity index (χ0) is 13.8. The number of ether oxygens (including phenoxy) is 1. The van der Waals surface area contributed by atoms with Crippen molar-refractivity contribution in [3.8, 4) is 0 Å². The summed E-state index contributed by atoms with van der Waals surface area (Å²) in [5.41, 5.74) is 5.37. The van der Waals surface area contributed by atoms with Crippen LogP contribution in [0.15, 0.2) is 12.1 Å². The maximum absolute atomic E-state index is 13.6. The number of carbonyl (C=O) groups is 1. The molecule has 1 aromatic rings. The largest absolute Gasteiger partial charge is 0.478 e. The molecule has 0 bridgehead atoms. The van der Waals surface area contributed by atoms with Gasteiger partial charge in [0.25, 0.3) is 0 Å². The zero-order valence-electron chi connectivity index (χ0n) is 10.5. The van der Waals surface area contributed by atoms with Crippen LogP contribution in [0.25, 0.3) is 0 Å². The van der Waals surface area contributed by atoms with Crippen LogP contribution in [-0.2, 0) is 4.74 Å². The number of nitrogens with one attached hydrogen (secondary N) is 1. The van der Waals surface area contributed by atoms with Gasteiger partial charge in [0, 0.05) is 18.8 Å². The van der Waals surface area contributed by atoms with Crippen molar-refractivity contribution in [1.29, 1.82) is 0 Å². The molecule has 2 rings (SSSR count). The summed E-state index contributed by atoms with van der Waals surface area (Å²) in [6, 6.07) is 2.21. The molecule has 1 aliphatic rings. The van der Waals surface area contributed by atoms with E-state index in [1.807, 2.05) is 0 Å². The Bertz CT molecular complexity index is 475. The first-order chi connectivity index (χ1) is 9.08.